The monoisotopic (exact) mass is 539 g/mol. The molecule has 6 rings (SSSR count). The molecule has 0 radical (unpaired) electrons. The van der Waals surface area contributed by atoms with Crippen LogP contribution in [0.25, 0.3) is 33.3 Å². The highest BCUT2D eigenvalue weighted by molar-refractivity contribution is 5.99. The highest BCUT2D eigenvalue weighted by atomic mass is 19.1. The second kappa shape index (κ2) is 10.8. The van der Waals surface area contributed by atoms with E-state index in [2.05, 4.69) is 43.2 Å². The molecule has 204 valence electrons. The minimum Gasteiger partial charge on any atom is -0.497 e. The number of halogens is 1. The summed E-state index contributed by atoms with van der Waals surface area (Å²) in [6, 6.07) is 14.9. The van der Waals surface area contributed by atoms with Crippen molar-refractivity contribution in [3.63, 3.8) is 0 Å². The minimum absolute atomic E-state index is 0.422. The maximum absolute atomic E-state index is 13.6. The van der Waals surface area contributed by atoms with Crippen LogP contribution in [0.3, 0.4) is 0 Å². The highest BCUT2D eigenvalue weighted by Gasteiger charge is 2.19. The summed E-state index contributed by atoms with van der Waals surface area (Å²) < 4.78 is 24.7. The van der Waals surface area contributed by atoms with Gasteiger partial charge in [0.15, 0.2) is 0 Å². The number of piperazine rings is 1. The summed E-state index contributed by atoms with van der Waals surface area (Å²) >= 11 is 0. The zero-order chi connectivity index (χ0) is 27.6. The van der Waals surface area contributed by atoms with Crippen molar-refractivity contribution in [2.24, 2.45) is 0 Å². The molecule has 1 fully saturated rings. The number of hydrogen-bond acceptors (Lipinski definition) is 8. The predicted molar refractivity (Wildman–Crippen MR) is 155 cm³/mol. The van der Waals surface area contributed by atoms with E-state index in [-0.39, 0.29) is 0 Å². The fourth-order valence-electron chi connectivity index (χ4n) is 5.02. The summed E-state index contributed by atoms with van der Waals surface area (Å²) in [7, 11) is 5.46. The van der Waals surface area contributed by atoms with Crippen molar-refractivity contribution < 1.29 is 13.9 Å². The number of aromatic amines is 1. The highest BCUT2D eigenvalue weighted by Crippen LogP contribution is 2.37. The van der Waals surface area contributed by atoms with Gasteiger partial charge in [0.25, 0.3) is 0 Å². The molecule has 0 unspecified atom stereocenters. The number of H-pyrrole nitrogens is 1. The molecule has 10 heteroatoms. The summed E-state index contributed by atoms with van der Waals surface area (Å²) in [5, 5.41) is 4.31. The molecule has 0 saturated carbocycles. The van der Waals surface area contributed by atoms with Gasteiger partial charge in [0, 0.05) is 90.2 Å². The Kier molecular flexibility index (Phi) is 6.91. The summed E-state index contributed by atoms with van der Waals surface area (Å²) in [6.45, 7) is 3.91. The Balaban J connectivity index is 1.38. The molecular formula is C30H30FN7O2. The molecule has 40 heavy (non-hydrogen) atoms. The van der Waals surface area contributed by atoms with Crippen LogP contribution in [0.5, 0.6) is 11.5 Å². The Bertz CT molecular complexity index is 1650. The van der Waals surface area contributed by atoms with Crippen LogP contribution in [0.15, 0.2) is 67.1 Å². The zero-order valence-electron chi connectivity index (χ0n) is 22.6. The van der Waals surface area contributed by atoms with Gasteiger partial charge in [0.2, 0.25) is 11.9 Å². The van der Waals surface area contributed by atoms with Crippen LogP contribution in [0.4, 0.5) is 21.7 Å². The van der Waals surface area contributed by atoms with Crippen molar-refractivity contribution in [1.29, 1.82) is 0 Å². The van der Waals surface area contributed by atoms with Crippen molar-refractivity contribution in [1.82, 2.24) is 24.8 Å². The number of hydrogen-bond donors (Lipinski definition) is 2. The molecular weight excluding hydrogens is 509 g/mol. The number of nitrogens with one attached hydrogen (secondary N) is 2. The van der Waals surface area contributed by atoms with Gasteiger partial charge in [-0.05, 0) is 43.4 Å². The van der Waals surface area contributed by atoms with Crippen molar-refractivity contribution in [3.8, 4) is 33.9 Å². The van der Waals surface area contributed by atoms with E-state index in [1.807, 2.05) is 36.5 Å². The average Bonchev–Trinajstić information content (AvgIpc) is 3.41. The molecule has 9 nitrogen and oxygen atoms in total. The minimum atomic E-state index is -0.544. The number of pyridine rings is 1. The van der Waals surface area contributed by atoms with Crippen molar-refractivity contribution in [2.75, 3.05) is 57.7 Å². The van der Waals surface area contributed by atoms with E-state index in [0.717, 1.165) is 71.1 Å². The topological polar surface area (TPSA) is 91.4 Å². The molecule has 2 N–H and O–H groups in total. The lowest BCUT2D eigenvalue weighted by molar-refractivity contribution is 0.311. The van der Waals surface area contributed by atoms with E-state index in [9.17, 15) is 4.39 Å². The maximum Gasteiger partial charge on any atom is 0.227 e. The molecule has 4 heterocycles. The largest absolute Gasteiger partial charge is 0.497 e. The van der Waals surface area contributed by atoms with Gasteiger partial charge in [-0.15, -0.1) is 0 Å². The molecule has 0 aliphatic carbocycles. The van der Waals surface area contributed by atoms with Gasteiger partial charge in [-0.1, -0.05) is 0 Å². The number of nitrogens with zero attached hydrogens (tertiary/aromatic N) is 5. The van der Waals surface area contributed by atoms with E-state index >= 15 is 0 Å². The molecule has 1 aliphatic rings. The molecule has 3 aromatic heterocycles. The number of benzene rings is 2. The van der Waals surface area contributed by atoms with Gasteiger partial charge in [-0.3, -0.25) is 0 Å². The third kappa shape index (κ3) is 5.01. The number of ether oxygens (including phenoxy) is 2. The molecule has 2 aromatic carbocycles. The standard InChI is InChI=1S/C30H30FN7O2/c1-37-10-12-38(13-11-37)26-8-5-20(14-27(26)40-3)35-30-34-17-23(19-4-9-28(31)33-16-19)29(36-30)24-18-32-25-15-21(39-2)6-7-22(24)25/h4-9,14-18,32H,10-13H2,1-3H3,(H,34,35,36). The first-order valence-corrected chi connectivity index (χ1v) is 13.1. The van der Waals surface area contributed by atoms with E-state index in [4.69, 9.17) is 14.5 Å². The molecule has 0 bridgehead atoms. The van der Waals surface area contributed by atoms with E-state index in [1.165, 1.54) is 12.3 Å². The van der Waals surface area contributed by atoms with Gasteiger partial charge >= 0.3 is 0 Å². The van der Waals surface area contributed by atoms with Gasteiger partial charge in [-0.25, -0.2) is 15.0 Å². The third-order valence-corrected chi connectivity index (χ3v) is 7.25. The van der Waals surface area contributed by atoms with Crippen LogP contribution in [-0.4, -0.2) is 72.3 Å². The van der Waals surface area contributed by atoms with Crippen molar-refractivity contribution in [3.05, 3.63) is 73.1 Å². The molecule has 0 atom stereocenters. The average molecular weight is 540 g/mol. The van der Waals surface area contributed by atoms with E-state index < -0.39 is 5.95 Å². The number of methoxy groups -OCH3 is 2. The Morgan fingerprint density at radius 2 is 1.75 bits per heavy atom. The zero-order valence-corrected chi connectivity index (χ0v) is 22.6. The second-order valence-electron chi connectivity index (χ2n) is 9.74. The van der Waals surface area contributed by atoms with Gasteiger partial charge < -0.3 is 29.6 Å². The van der Waals surface area contributed by atoms with E-state index in [1.54, 1.807) is 26.5 Å². The SMILES string of the molecule is COc1ccc2c(-c3nc(Nc4ccc(N5CCN(C)CC5)c(OC)c4)ncc3-c3ccc(F)nc3)c[nH]c2c1. The Labute approximate surface area is 231 Å². The van der Waals surface area contributed by atoms with Crippen LogP contribution in [0.2, 0.25) is 0 Å². The first-order valence-electron chi connectivity index (χ1n) is 13.1. The number of aromatic nitrogens is 4. The van der Waals surface area contributed by atoms with Crippen molar-refractivity contribution >= 4 is 28.2 Å². The van der Waals surface area contributed by atoms with Gasteiger partial charge in [0.1, 0.15) is 11.5 Å². The number of anilines is 3. The van der Waals surface area contributed by atoms with Crippen molar-refractivity contribution in [2.45, 2.75) is 0 Å². The fraction of sp³-hybridized carbons (Fsp3) is 0.233. The summed E-state index contributed by atoms with van der Waals surface area (Å²) in [6.07, 6.45) is 5.13. The van der Waals surface area contributed by atoms with Crippen LogP contribution in [0, 0.1) is 5.95 Å². The Morgan fingerprint density at radius 3 is 2.50 bits per heavy atom. The summed E-state index contributed by atoms with van der Waals surface area (Å²) in [5.41, 5.74) is 5.79. The lowest BCUT2D eigenvalue weighted by atomic mass is 10.0. The molecule has 0 spiro atoms. The smallest absolute Gasteiger partial charge is 0.227 e. The lowest BCUT2D eigenvalue weighted by Crippen LogP contribution is -2.44. The quantitative estimate of drug-likeness (QED) is 0.268. The van der Waals surface area contributed by atoms with Gasteiger partial charge in [0.05, 0.1) is 25.6 Å². The number of likely N-dealkylation sites (N-methyl/N-ethyl adjacent to an activating group) is 1. The Morgan fingerprint density at radius 1 is 0.900 bits per heavy atom. The molecule has 5 aromatic rings. The number of fused-ring (bicyclic) bond motifs is 1. The molecule has 1 saturated heterocycles. The maximum atomic E-state index is 13.6. The van der Waals surface area contributed by atoms with Crippen LogP contribution in [0.1, 0.15) is 0 Å². The third-order valence-electron chi connectivity index (χ3n) is 7.25. The number of rotatable bonds is 7. The fourth-order valence-corrected chi connectivity index (χ4v) is 5.02. The van der Waals surface area contributed by atoms with Gasteiger partial charge in [-0.2, -0.15) is 4.39 Å². The second-order valence-corrected chi connectivity index (χ2v) is 9.74. The Hall–Kier alpha value is -4.70. The molecule has 0 amide bonds. The van der Waals surface area contributed by atoms with E-state index in [0.29, 0.717) is 17.2 Å². The van der Waals surface area contributed by atoms with Crippen LogP contribution >= 0.6 is 0 Å². The summed E-state index contributed by atoms with van der Waals surface area (Å²) in [4.78, 5) is 21.3. The first kappa shape index (κ1) is 25.6. The molecule has 1 aliphatic heterocycles. The lowest BCUT2D eigenvalue weighted by Gasteiger charge is -2.34. The predicted octanol–water partition coefficient (Wildman–Crippen LogP) is 5.34. The first-order chi connectivity index (χ1) is 19.5. The normalized spacial score (nSPS) is 13.9. The van der Waals surface area contributed by atoms with Crippen LogP contribution < -0.4 is 19.7 Å². The summed E-state index contributed by atoms with van der Waals surface area (Å²) in [5.74, 6) is 1.42. The van der Waals surface area contributed by atoms with Crippen LogP contribution in [-0.2, 0) is 0 Å².